The quantitative estimate of drug-likeness (QED) is 0.277. The summed E-state index contributed by atoms with van der Waals surface area (Å²) in [5.41, 5.74) is 5.96. The molecule has 1 rings (SSSR count). The second kappa shape index (κ2) is 7.86. The Morgan fingerprint density at radius 3 is 2.04 bits per heavy atom. The Labute approximate surface area is 138 Å². The number of carboxylic acid groups (broad SMARTS) is 1. The highest BCUT2D eigenvalue weighted by Gasteiger charge is 2.56. The first-order valence-corrected chi connectivity index (χ1v) is 10.0. The molecule has 0 aliphatic carbocycles. The Morgan fingerprint density at radius 1 is 1.12 bits per heavy atom. The topological polar surface area (TPSA) is 190 Å². The third-order valence-corrected chi connectivity index (χ3v) is 7.50. The Kier molecular flexibility index (Phi) is 6.86. The third kappa shape index (κ3) is 5.20. The van der Waals surface area contributed by atoms with E-state index in [2.05, 4.69) is 5.32 Å². The average molecular weight is 382 g/mol. The Morgan fingerprint density at radius 2 is 1.62 bits per heavy atom. The van der Waals surface area contributed by atoms with Crippen molar-refractivity contribution in [2.75, 3.05) is 6.54 Å². The van der Waals surface area contributed by atoms with Crippen molar-refractivity contribution in [3.63, 3.8) is 0 Å². The first kappa shape index (κ1) is 21.0. The first-order valence-electron chi connectivity index (χ1n) is 6.79. The minimum absolute atomic E-state index is 0.0829. The summed E-state index contributed by atoms with van der Waals surface area (Å²) in [5, 5.41) is 8.62. The SMILES string of the molecule is NC(CCN[C@@H](Cc1ccccc1)C(=O)O)(P(=O)(O)O)P(=O)(O)O. The molecule has 10 nitrogen and oxygen atoms in total. The van der Waals surface area contributed by atoms with Crippen molar-refractivity contribution >= 4 is 21.2 Å². The van der Waals surface area contributed by atoms with Crippen molar-refractivity contribution in [3.8, 4) is 0 Å². The van der Waals surface area contributed by atoms with Crippen molar-refractivity contribution in [1.82, 2.24) is 5.32 Å². The van der Waals surface area contributed by atoms with E-state index in [1.54, 1.807) is 30.3 Å². The molecule has 0 amide bonds. The fourth-order valence-corrected chi connectivity index (χ4v) is 4.15. The van der Waals surface area contributed by atoms with Crippen LogP contribution in [0.4, 0.5) is 0 Å². The van der Waals surface area contributed by atoms with Gasteiger partial charge < -0.3 is 35.7 Å². The van der Waals surface area contributed by atoms with Crippen LogP contribution in [0.5, 0.6) is 0 Å². The number of rotatable bonds is 9. The maximum absolute atomic E-state index is 11.3. The minimum Gasteiger partial charge on any atom is -0.480 e. The molecule has 0 fully saturated rings. The summed E-state index contributed by atoms with van der Waals surface area (Å²) in [5.74, 6) is -1.21. The number of hydrogen-bond donors (Lipinski definition) is 7. The lowest BCUT2D eigenvalue weighted by molar-refractivity contribution is -0.139. The largest absolute Gasteiger partial charge is 0.480 e. The van der Waals surface area contributed by atoms with Crippen LogP contribution < -0.4 is 11.1 Å². The van der Waals surface area contributed by atoms with Gasteiger partial charge >= 0.3 is 21.2 Å². The summed E-state index contributed by atoms with van der Waals surface area (Å²) >= 11 is 0. The molecule has 8 N–H and O–H groups in total. The maximum atomic E-state index is 11.3. The number of aliphatic carboxylic acids is 1. The van der Waals surface area contributed by atoms with Gasteiger partial charge in [0.15, 0.2) is 0 Å². The predicted molar refractivity (Wildman–Crippen MR) is 85.2 cm³/mol. The molecule has 0 heterocycles. The van der Waals surface area contributed by atoms with Gasteiger partial charge in [0.1, 0.15) is 6.04 Å². The summed E-state index contributed by atoms with van der Waals surface area (Å²) in [6.07, 6.45) is -0.723. The molecule has 12 heteroatoms. The molecule has 0 spiro atoms. The molecule has 0 aliphatic rings. The number of carbonyl (C=O) groups is 1. The highest BCUT2D eigenvalue weighted by Crippen LogP contribution is 2.67. The lowest BCUT2D eigenvalue weighted by atomic mass is 10.1. The molecular weight excluding hydrogens is 362 g/mol. The summed E-state index contributed by atoms with van der Waals surface area (Å²) in [6, 6.07) is 7.51. The van der Waals surface area contributed by atoms with E-state index in [0.717, 1.165) is 0 Å². The molecule has 1 aromatic rings. The van der Waals surface area contributed by atoms with Crippen molar-refractivity contribution in [2.24, 2.45) is 5.73 Å². The normalized spacial score (nSPS) is 14.4. The van der Waals surface area contributed by atoms with Gasteiger partial charge in [0.05, 0.1) is 0 Å². The minimum atomic E-state index is -5.33. The van der Waals surface area contributed by atoms with E-state index in [-0.39, 0.29) is 6.42 Å². The molecule has 0 radical (unpaired) electrons. The zero-order chi connectivity index (χ0) is 18.6. The van der Waals surface area contributed by atoms with E-state index in [1.165, 1.54) is 0 Å². The van der Waals surface area contributed by atoms with E-state index in [1.807, 2.05) is 0 Å². The van der Waals surface area contributed by atoms with Crippen molar-refractivity contribution in [3.05, 3.63) is 35.9 Å². The van der Waals surface area contributed by atoms with E-state index < -0.39 is 45.2 Å². The van der Waals surface area contributed by atoms with E-state index in [9.17, 15) is 19.0 Å². The van der Waals surface area contributed by atoms with Crippen LogP contribution in [0.2, 0.25) is 0 Å². The van der Waals surface area contributed by atoms with Crippen LogP contribution in [-0.4, -0.2) is 48.3 Å². The van der Waals surface area contributed by atoms with Crippen LogP contribution in [0.15, 0.2) is 30.3 Å². The highest BCUT2D eigenvalue weighted by molar-refractivity contribution is 7.72. The van der Waals surface area contributed by atoms with Crippen LogP contribution in [0.25, 0.3) is 0 Å². The third-order valence-electron chi connectivity index (χ3n) is 3.47. The number of hydrogen-bond acceptors (Lipinski definition) is 5. The number of nitrogens with one attached hydrogen (secondary N) is 1. The fourth-order valence-electron chi connectivity index (χ4n) is 1.99. The lowest BCUT2D eigenvalue weighted by Gasteiger charge is -2.31. The van der Waals surface area contributed by atoms with Gasteiger partial charge in [-0.15, -0.1) is 0 Å². The Balaban J connectivity index is 2.79. The van der Waals surface area contributed by atoms with Crippen molar-refractivity contribution in [2.45, 2.75) is 23.9 Å². The first-order chi connectivity index (χ1) is 10.9. The standard InChI is InChI=1S/C12H20N2O8P2/c13-12(23(17,18)19,24(20,21)22)6-7-14-10(11(15)16)8-9-4-2-1-3-5-9/h1-5,10,14H,6-8,13H2,(H,15,16)(H2,17,18,19)(H2,20,21,22)/t10-/m0/s1. The molecule has 0 aromatic heterocycles. The molecule has 24 heavy (non-hydrogen) atoms. The zero-order valence-corrected chi connectivity index (χ0v) is 14.3. The van der Waals surface area contributed by atoms with Crippen LogP contribution in [-0.2, 0) is 20.3 Å². The van der Waals surface area contributed by atoms with Gasteiger partial charge in [0.2, 0.25) is 5.02 Å². The molecular formula is C12H20N2O8P2. The van der Waals surface area contributed by atoms with E-state index in [4.69, 9.17) is 25.3 Å². The van der Waals surface area contributed by atoms with Gasteiger partial charge in [-0.2, -0.15) is 0 Å². The number of benzene rings is 1. The van der Waals surface area contributed by atoms with Crippen LogP contribution in [0, 0.1) is 0 Å². The monoisotopic (exact) mass is 382 g/mol. The van der Waals surface area contributed by atoms with Crippen LogP contribution in [0.3, 0.4) is 0 Å². The molecule has 136 valence electrons. The van der Waals surface area contributed by atoms with E-state index in [0.29, 0.717) is 5.56 Å². The summed E-state index contributed by atoms with van der Waals surface area (Å²) < 4.78 is 22.7. The van der Waals surface area contributed by atoms with Crippen molar-refractivity contribution in [1.29, 1.82) is 0 Å². The average Bonchev–Trinajstić information content (AvgIpc) is 2.44. The van der Waals surface area contributed by atoms with Gasteiger partial charge in [-0.25, -0.2) is 0 Å². The van der Waals surface area contributed by atoms with Gasteiger partial charge in [0, 0.05) is 6.42 Å². The Hall–Kier alpha value is -1.09. The van der Waals surface area contributed by atoms with Gasteiger partial charge in [-0.3, -0.25) is 13.9 Å². The van der Waals surface area contributed by atoms with E-state index >= 15 is 0 Å². The fraction of sp³-hybridized carbons (Fsp3) is 0.417. The molecule has 0 aliphatic heterocycles. The van der Waals surface area contributed by atoms with Crippen molar-refractivity contribution < 1.29 is 38.6 Å². The second-order valence-electron chi connectivity index (χ2n) is 5.25. The molecule has 0 saturated carbocycles. The lowest BCUT2D eigenvalue weighted by Crippen LogP contribution is -2.45. The zero-order valence-electron chi connectivity index (χ0n) is 12.5. The molecule has 0 saturated heterocycles. The van der Waals surface area contributed by atoms with Crippen LogP contribution in [0.1, 0.15) is 12.0 Å². The summed E-state index contributed by atoms with van der Waals surface area (Å²) in [7, 11) is -10.7. The van der Waals surface area contributed by atoms with Gasteiger partial charge in [0.25, 0.3) is 0 Å². The second-order valence-corrected chi connectivity index (χ2v) is 9.38. The maximum Gasteiger partial charge on any atom is 0.357 e. The Bertz CT molecular complexity index is 634. The molecule has 1 atom stereocenters. The predicted octanol–water partition coefficient (Wildman–Crippen LogP) is -0.370. The molecule has 0 unspecified atom stereocenters. The van der Waals surface area contributed by atoms with Gasteiger partial charge in [-0.1, -0.05) is 30.3 Å². The molecule has 1 aromatic carbocycles. The number of nitrogens with two attached hydrogens (primary N) is 1. The molecule has 0 bridgehead atoms. The van der Waals surface area contributed by atoms with Crippen LogP contribution >= 0.6 is 15.2 Å². The smallest absolute Gasteiger partial charge is 0.357 e. The summed E-state index contributed by atoms with van der Waals surface area (Å²) in [4.78, 5) is 47.8. The summed E-state index contributed by atoms with van der Waals surface area (Å²) in [6.45, 7) is -0.406. The number of carboxylic acids is 1. The highest BCUT2D eigenvalue weighted by atomic mass is 31.2. The van der Waals surface area contributed by atoms with Gasteiger partial charge in [-0.05, 0) is 18.5 Å².